The Labute approximate surface area is 136 Å². The minimum Gasteiger partial charge on any atom is -0.460 e. The van der Waals surface area contributed by atoms with Gasteiger partial charge in [0.2, 0.25) is 5.91 Å². The molecule has 1 aliphatic heterocycles. The number of rotatable bonds is 7. The standard InChI is InChI=1S/C17H25N3O3/c18-14(16(21)20-10-4-5-11-20)8-9-15(19)17(22)23-12-13-6-2-1-3-7-13/h1-3,6-7,14-15H,4-5,8-12,18-19H2. The molecular weight excluding hydrogens is 294 g/mol. The number of nitrogens with two attached hydrogens (primary N) is 2. The van der Waals surface area contributed by atoms with Crippen LogP contribution in [0, 0.1) is 0 Å². The summed E-state index contributed by atoms with van der Waals surface area (Å²) in [5.41, 5.74) is 12.7. The average molecular weight is 319 g/mol. The van der Waals surface area contributed by atoms with Crippen LogP contribution in [0.3, 0.4) is 0 Å². The van der Waals surface area contributed by atoms with Crippen molar-refractivity contribution in [3.05, 3.63) is 35.9 Å². The van der Waals surface area contributed by atoms with Gasteiger partial charge in [0.1, 0.15) is 12.6 Å². The van der Waals surface area contributed by atoms with Gasteiger partial charge in [0, 0.05) is 13.1 Å². The first-order chi connectivity index (χ1) is 11.1. The molecule has 6 nitrogen and oxygen atoms in total. The number of carbonyl (C=O) groups excluding carboxylic acids is 2. The first-order valence-electron chi connectivity index (χ1n) is 8.08. The van der Waals surface area contributed by atoms with Crippen molar-refractivity contribution in [2.75, 3.05) is 13.1 Å². The number of likely N-dealkylation sites (tertiary alicyclic amines) is 1. The smallest absolute Gasteiger partial charge is 0.323 e. The highest BCUT2D eigenvalue weighted by Gasteiger charge is 2.25. The molecule has 23 heavy (non-hydrogen) atoms. The van der Waals surface area contributed by atoms with Gasteiger partial charge in [0.25, 0.3) is 0 Å². The van der Waals surface area contributed by atoms with Gasteiger partial charge in [-0.1, -0.05) is 30.3 Å². The molecule has 2 unspecified atom stereocenters. The van der Waals surface area contributed by atoms with E-state index in [4.69, 9.17) is 16.2 Å². The summed E-state index contributed by atoms with van der Waals surface area (Å²) < 4.78 is 5.18. The van der Waals surface area contributed by atoms with Crippen LogP contribution in [0.4, 0.5) is 0 Å². The van der Waals surface area contributed by atoms with Crippen molar-refractivity contribution in [2.45, 2.75) is 44.4 Å². The maximum Gasteiger partial charge on any atom is 0.323 e. The molecule has 1 amide bonds. The summed E-state index contributed by atoms with van der Waals surface area (Å²) in [7, 11) is 0. The van der Waals surface area contributed by atoms with E-state index < -0.39 is 18.1 Å². The third-order valence-corrected chi connectivity index (χ3v) is 4.05. The van der Waals surface area contributed by atoms with Crippen LogP contribution in [0.15, 0.2) is 30.3 Å². The Balaban J connectivity index is 1.69. The van der Waals surface area contributed by atoms with E-state index >= 15 is 0 Å². The zero-order valence-electron chi connectivity index (χ0n) is 13.3. The Morgan fingerprint density at radius 2 is 1.65 bits per heavy atom. The fourth-order valence-electron chi connectivity index (χ4n) is 2.61. The molecule has 1 fully saturated rings. The maximum absolute atomic E-state index is 12.1. The first kappa shape index (κ1) is 17.4. The van der Waals surface area contributed by atoms with Crippen LogP contribution >= 0.6 is 0 Å². The summed E-state index contributed by atoms with van der Waals surface area (Å²) in [4.78, 5) is 25.7. The fraction of sp³-hybridized carbons (Fsp3) is 0.529. The van der Waals surface area contributed by atoms with Crippen LogP contribution in [0.2, 0.25) is 0 Å². The average Bonchev–Trinajstić information content (AvgIpc) is 3.11. The zero-order valence-corrected chi connectivity index (χ0v) is 13.3. The number of nitrogens with zero attached hydrogens (tertiary/aromatic N) is 1. The van der Waals surface area contributed by atoms with E-state index in [1.807, 2.05) is 30.3 Å². The van der Waals surface area contributed by atoms with Crippen molar-refractivity contribution in [1.82, 2.24) is 4.90 Å². The third kappa shape index (κ3) is 5.33. The number of amides is 1. The summed E-state index contributed by atoms with van der Waals surface area (Å²) in [6.07, 6.45) is 2.79. The van der Waals surface area contributed by atoms with Gasteiger partial charge in [-0.3, -0.25) is 9.59 Å². The van der Waals surface area contributed by atoms with Crippen LogP contribution in [0.25, 0.3) is 0 Å². The van der Waals surface area contributed by atoms with E-state index in [1.165, 1.54) is 0 Å². The summed E-state index contributed by atoms with van der Waals surface area (Å²) in [5.74, 6) is -0.512. The summed E-state index contributed by atoms with van der Waals surface area (Å²) >= 11 is 0. The molecule has 0 saturated carbocycles. The largest absolute Gasteiger partial charge is 0.460 e. The maximum atomic E-state index is 12.1. The second-order valence-corrected chi connectivity index (χ2v) is 5.92. The molecule has 6 heteroatoms. The SMILES string of the molecule is NC(CCC(N)C(=O)N1CCCC1)C(=O)OCc1ccccc1. The van der Waals surface area contributed by atoms with Gasteiger partial charge < -0.3 is 21.1 Å². The first-order valence-corrected chi connectivity index (χ1v) is 8.08. The predicted octanol–water partition coefficient (Wildman–Crippen LogP) is 0.787. The highest BCUT2D eigenvalue weighted by molar-refractivity contribution is 5.82. The quantitative estimate of drug-likeness (QED) is 0.724. The summed E-state index contributed by atoms with van der Waals surface area (Å²) in [6, 6.07) is 8.07. The van der Waals surface area contributed by atoms with Gasteiger partial charge >= 0.3 is 5.97 Å². The van der Waals surface area contributed by atoms with Crippen LogP contribution < -0.4 is 11.5 Å². The lowest BCUT2D eigenvalue weighted by atomic mass is 10.1. The fourth-order valence-corrected chi connectivity index (χ4v) is 2.61. The number of ether oxygens (including phenoxy) is 1. The van der Waals surface area contributed by atoms with Crippen LogP contribution in [-0.4, -0.2) is 41.9 Å². The predicted molar refractivity (Wildman–Crippen MR) is 87.2 cm³/mol. The molecule has 4 N–H and O–H groups in total. The Morgan fingerprint density at radius 1 is 1.04 bits per heavy atom. The van der Waals surface area contributed by atoms with Gasteiger partial charge in [0.15, 0.2) is 0 Å². The van der Waals surface area contributed by atoms with Gasteiger partial charge in [-0.05, 0) is 31.2 Å². The molecule has 0 aromatic heterocycles. The Morgan fingerprint density at radius 3 is 2.30 bits per heavy atom. The third-order valence-electron chi connectivity index (χ3n) is 4.05. The second kappa shape index (κ2) is 8.64. The molecule has 1 heterocycles. The second-order valence-electron chi connectivity index (χ2n) is 5.92. The molecule has 0 radical (unpaired) electrons. The van der Waals surface area contributed by atoms with Gasteiger partial charge in [-0.25, -0.2) is 0 Å². The van der Waals surface area contributed by atoms with Crippen molar-refractivity contribution in [1.29, 1.82) is 0 Å². The van der Waals surface area contributed by atoms with Crippen molar-refractivity contribution in [3.63, 3.8) is 0 Å². The van der Waals surface area contributed by atoms with Crippen molar-refractivity contribution >= 4 is 11.9 Å². The highest BCUT2D eigenvalue weighted by Crippen LogP contribution is 2.11. The number of esters is 1. The van der Waals surface area contributed by atoms with E-state index in [9.17, 15) is 9.59 Å². The summed E-state index contributed by atoms with van der Waals surface area (Å²) in [6.45, 7) is 1.75. The van der Waals surface area contributed by atoms with Crippen LogP contribution in [0.5, 0.6) is 0 Å². The van der Waals surface area contributed by atoms with Crippen molar-refractivity contribution in [3.8, 4) is 0 Å². The van der Waals surface area contributed by atoms with Crippen molar-refractivity contribution in [2.24, 2.45) is 11.5 Å². The lowest BCUT2D eigenvalue weighted by molar-refractivity contribution is -0.147. The number of hydrogen-bond acceptors (Lipinski definition) is 5. The van der Waals surface area contributed by atoms with Crippen molar-refractivity contribution < 1.29 is 14.3 Å². The minimum atomic E-state index is -0.754. The molecule has 126 valence electrons. The highest BCUT2D eigenvalue weighted by atomic mass is 16.5. The van der Waals surface area contributed by atoms with Gasteiger partial charge in [-0.2, -0.15) is 0 Å². The Bertz CT molecular complexity index is 515. The molecule has 1 aliphatic rings. The van der Waals surface area contributed by atoms with E-state index in [1.54, 1.807) is 4.90 Å². The Kier molecular flexibility index (Phi) is 6.55. The minimum absolute atomic E-state index is 0.0487. The van der Waals surface area contributed by atoms with E-state index in [0.29, 0.717) is 12.8 Å². The molecule has 2 rings (SSSR count). The number of carbonyl (C=O) groups is 2. The molecule has 0 bridgehead atoms. The molecule has 1 saturated heterocycles. The number of hydrogen-bond donors (Lipinski definition) is 2. The number of benzene rings is 1. The summed E-state index contributed by atoms with van der Waals surface area (Å²) in [5, 5.41) is 0. The van der Waals surface area contributed by atoms with E-state index in [-0.39, 0.29) is 12.5 Å². The lowest BCUT2D eigenvalue weighted by Gasteiger charge is -2.21. The Hall–Kier alpha value is -1.92. The lowest BCUT2D eigenvalue weighted by Crippen LogP contribution is -2.43. The van der Waals surface area contributed by atoms with Gasteiger partial charge in [-0.15, -0.1) is 0 Å². The molecule has 2 atom stereocenters. The molecule has 1 aromatic carbocycles. The topological polar surface area (TPSA) is 98.6 Å². The molecule has 1 aromatic rings. The molecule has 0 aliphatic carbocycles. The van der Waals surface area contributed by atoms with Crippen LogP contribution in [-0.2, 0) is 20.9 Å². The zero-order chi connectivity index (χ0) is 16.7. The molecule has 0 spiro atoms. The molecular formula is C17H25N3O3. The van der Waals surface area contributed by atoms with E-state index in [2.05, 4.69) is 0 Å². The monoisotopic (exact) mass is 319 g/mol. The van der Waals surface area contributed by atoms with E-state index in [0.717, 1.165) is 31.5 Å². The van der Waals surface area contributed by atoms with Crippen LogP contribution in [0.1, 0.15) is 31.2 Å². The van der Waals surface area contributed by atoms with Gasteiger partial charge in [0.05, 0.1) is 6.04 Å². The normalized spacial score (nSPS) is 16.9.